The van der Waals surface area contributed by atoms with Crippen molar-refractivity contribution in [1.82, 2.24) is 15.5 Å². The highest BCUT2D eigenvalue weighted by molar-refractivity contribution is 5.95. The van der Waals surface area contributed by atoms with Crippen molar-refractivity contribution in [3.63, 3.8) is 0 Å². The molecule has 1 aliphatic rings. The van der Waals surface area contributed by atoms with Crippen molar-refractivity contribution in [3.05, 3.63) is 47.1 Å². The van der Waals surface area contributed by atoms with Crippen molar-refractivity contribution in [1.29, 1.82) is 5.26 Å². The third-order valence-electron chi connectivity index (χ3n) is 4.02. The fourth-order valence-corrected chi connectivity index (χ4v) is 2.90. The van der Waals surface area contributed by atoms with E-state index in [-0.39, 0.29) is 5.91 Å². The number of carbonyl (C=O) groups is 1. The van der Waals surface area contributed by atoms with E-state index in [1.165, 1.54) is 0 Å². The van der Waals surface area contributed by atoms with E-state index in [2.05, 4.69) is 15.5 Å². The standard InChI is InChI=1S/C16H16N4O2/c1-11-18-15(20-22-11)16(7-2-3-8-16)19-14(21)13-6-4-5-12(9-13)10-17/h4-6,9H,2-3,7-8H2,1H3,(H,19,21). The Morgan fingerprint density at radius 3 is 2.82 bits per heavy atom. The second kappa shape index (κ2) is 5.60. The summed E-state index contributed by atoms with van der Waals surface area (Å²) in [6.45, 7) is 1.73. The molecule has 0 unspecified atom stereocenters. The molecule has 2 aromatic rings. The number of aromatic nitrogens is 2. The normalized spacial score (nSPS) is 16.2. The number of nitrogens with one attached hydrogen (secondary N) is 1. The lowest BCUT2D eigenvalue weighted by Gasteiger charge is -2.26. The van der Waals surface area contributed by atoms with Gasteiger partial charge in [-0.25, -0.2) is 0 Å². The number of nitrogens with zero attached hydrogens (tertiary/aromatic N) is 3. The summed E-state index contributed by atoms with van der Waals surface area (Å²) in [6.07, 6.45) is 3.59. The molecule has 1 aromatic heterocycles. The molecule has 1 aliphatic carbocycles. The highest BCUT2D eigenvalue weighted by Gasteiger charge is 2.41. The summed E-state index contributed by atoms with van der Waals surface area (Å²) in [7, 11) is 0. The molecule has 0 spiro atoms. The highest BCUT2D eigenvalue weighted by atomic mass is 16.5. The fraction of sp³-hybridized carbons (Fsp3) is 0.375. The lowest BCUT2D eigenvalue weighted by atomic mass is 9.95. The quantitative estimate of drug-likeness (QED) is 0.939. The van der Waals surface area contributed by atoms with Gasteiger partial charge in [0.2, 0.25) is 5.89 Å². The van der Waals surface area contributed by atoms with Gasteiger partial charge in [0.25, 0.3) is 5.91 Å². The van der Waals surface area contributed by atoms with Crippen molar-refractivity contribution < 1.29 is 9.32 Å². The van der Waals surface area contributed by atoms with E-state index < -0.39 is 5.54 Å². The van der Waals surface area contributed by atoms with Crippen molar-refractivity contribution in [2.75, 3.05) is 0 Å². The number of benzene rings is 1. The zero-order valence-electron chi connectivity index (χ0n) is 12.3. The van der Waals surface area contributed by atoms with Gasteiger partial charge in [-0.2, -0.15) is 10.2 Å². The van der Waals surface area contributed by atoms with Crippen LogP contribution in [0.1, 0.15) is 53.3 Å². The van der Waals surface area contributed by atoms with Gasteiger partial charge < -0.3 is 9.84 Å². The minimum Gasteiger partial charge on any atom is -0.340 e. The molecule has 3 rings (SSSR count). The highest BCUT2D eigenvalue weighted by Crippen LogP contribution is 2.37. The van der Waals surface area contributed by atoms with Crippen LogP contribution >= 0.6 is 0 Å². The Kier molecular flexibility index (Phi) is 3.63. The van der Waals surface area contributed by atoms with Crippen LogP contribution in [0, 0.1) is 18.3 Å². The Morgan fingerprint density at radius 1 is 1.41 bits per heavy atom. The van der Waals surface area contributed by atoms with Crippen LogP contribution in [0.3, 0.4) is 0 Å². The van der Waals surface area contributed by atoms with Crippen LogP contribution in [-0.2, 0) is 5.54 Å². The van der Waals surface area contributed by atoms with E-state index in [4.69, 9.17) is 9.78 Å². The molecule has 0 saturated heterocycles. The third-order valence-corrected chi connectivity index (χ3v) is 4.02. The van der Waals surface area contributed by atoms with E-state index in [1.54, 1.807) is 31.2 Å². The predicted molar refractivity (Wildman–Crippen MR) is 77.8 cm³/mol. The average molecular weight is 296 g/mol. The summed E-state index contributed by atoms with van der Waals surface area (Å²) in [4.78, 5) is 16.8. The number of aryl methyl sites for hydroxylation is 1. The molecule has 1 heterocycles. The van der Waals surface area contributed by atoms with Gasteiger partial charge in [-0.15, -0.1) is 0 Å². The smallest absolute Gasteiger partial charge is 0.252 e. The van der Waals surface area contributed by atoms with Gasteiger partial charge >= 0.3 is 0 Å². The topological polar surface area (TPSA) is 91.8 Å². The lowest BCUT2D eigenvalue weighted by Crippen LogP contribution is -2.44. The molecule has 1 N–H and O–H groups in total. The van der Waals surface area contributed by atoms with E-state index in [0.717, 1.165) is 25.7 Å². The summed E-state index contributed by atoms with van der Waals surface area (Å²) in [5, 5.41) is 16.0. The van der Waals surface area contributed by atoms with Crippen LogP contribution in [0.5, 0.6) is 0 Å². The first kappa shape index (κ1) is 14.3. The molecule has 1 saturated carbocycles. The largest absolute Gasteiger partial charge is 0.340 e. The van der Waals surface area contributed by atoms with Crippen LogP contribution in [-0.4, -0.2) is 16.0 Å². The summed E-state index contributed by atoms with van der Waals surface area (Å²) in [6, 6.07) is 8.69. The molecule has 0 bridgehead atoms. The SMILES string of the molecule is Cc1nc(C2(NC(=O)c3cccc(C#N)c3)CCCC2)no1. The molecule has 112 valence electrons. The predicted octanol–water partition coefficient (Wildman–Crippen LogP) is 2.45. The monoisotopic (exact) mass is 296 g/mol. The van der Waals surface area contributed by atoms with E-state index >= 15 is 0 Å². The van der Waals surface area contributed by atoms with Crippen molar-refractivity contribution in [2.24, 2.45) is 0 Å². The number of rotatable bonds is 3. The van der Waals surface area contributed by atoms with Gasteiger partial charge in [-0.05, 0) is 31.0 Å². The van der Waals surface area contributed by atoms with Crippen LogP contribution in [0.4, 0.5) is 0 Å². The van der Waals surface area contributed by atoms with Gasteiger partial charge in [0.05, 0.1) is 11.6 Å². The van der Waals surface area contributed by atoms with E-state index in [0.29, 0.717) is 22.8 Å². The third kappa shape index (κ3) is 2.58. The molecule has 1 amide bonds. The number of amides is 1. The first-order chi connectivity index (χ1) is 10.6. The molecular weight excluding hydrogens is 280 g/mol. The summed E-state index contributed by atoms with van der Waals surface area (Å²) < 4.78 is 5.07. The first-order valence-electron chi connectivity index (χ1n) is 7.26. The summed E-state index contributed by atoms with van der Waals surface area (Å²) in [5.41, 5.74) is 0.353. The molecule has 22 heavy (non-hydrogen) atoms. The maximum Gasteiger partial charge on any atom is 0.252 e. The summed E-state index contributed by atoms with van der Waals surface area (Å²) in [5.74, 6) is 0.802. The second-order valence-corrected chi connectivity index (χ2v) is 5.57. The summed E-state index contributed by atoms with van der Waals surface area (Å²) >= 11 is 0. The number of carbonyl (C=O) groups excluding carboxylic acids is 1. The van der Waals surface area contributed by atoms with Crippen molar-refractivity contribution in [2.45, 2.75) is 38.1 Å². The molecule has 6 nitrogen and oxygen atoms in total. The van der Waals surface area contributed by atoms with Crippen molar-refractivity contribution >= 4 is 5.91 Å². The zero-order valence-corrected chi connectivity index (χ0v) is 12.3. The van der Waals surface area contributed by atoms with Crippen LogP contribution < -0.4 is 5.32 Å². The Balaban J connectivity index is 1.88. The minimum absolute atomic E-state index is 0.221. The van der Waals surface area contributed by atoms with Gasteiger partial charge in [0, 0.05) is 12.5 Å². The fourth-order valence-electron chi connectivity index (χ4n) is 2.90. The number of hydrogen-bond acceptors (Lipinski definition) is 5. The first-order valence-corrected chi connectivity index (χ1v) is 7.26. The minimum atomic E-state index is -0.572. The van der Waals surface area contributed by atoms with Gasteiger partial charge in [0.15, 0.2) is 5.82 Å². The second-order valence-electron chi connectivity index (χ2n) is 5.57. The number of nitriles is 1. The molecule has 0 atom stereocenters. The van der Waals surface area contributed by atoms with Crippen LogP contribution in [0.25, 0.3) is 0 Å². The van der Waals surface area contributed by atoms with Crippen LogP contribution in [0.15, 0.2) is 28.8 Å². The molecule has 0 radical (unpaired) electrons. The Labute approximate surface area is 128 Å². The molecule has 0 aliphatic heterocycles. The molecule has 1 fully saturated rings. The Hall–Kier alpha value is -2.68. The zero-order chi connectivity index (χ0) is 15.6. The van der Waals surface area contributed by atoms with Gasteiger partial charge in [0.1, 0.15) is 5.54 Å². The molecular formula is C16H16N4O2. The van der Waals surface area contributed by atoms with Crippen molar-refractivity contribution in [3.8, 4) is 6.07 Å². The van der Waals surface area contributed by atoms with E-state index in [1.807, 2.05) is 6.07 Å². The Bertz CT molecular complexity index is 739. The molecule has 6 heteroatoms. The maximum atomic E-state index is 12.5. The van der Waals surface area contributed by atoms with Gasteiger partial charge in [-0.3, -0.25) is 4.79 Å². The molecule has 1 aromatic carbocycles. The maximum absolute atomic E-state index is 12.5. The number of hydrogen-bond donors (Lipinski definition) is 1. The van der Waals surface area contributed by atoms with Gasteiger partial charge in [-0.1, -0.05) is 24.1 Å². The lowest BCUT2D eigenvalue weighted by molar-refractivity contribution is 0.0892. The van der Waals surface area contributed by atoms with Crippen LogP contribution in [0.2, 0.25) is 0 Å². The van der Waals surface area contributed by atoms with E-state index in [9.17, 15) is 4.79 Å². The Morgan fingerprint density at radius 2 is 2.18 bits per heavy atom. The average Bonchev–Trinajstić information content (AvgIpc) is 3.17.